The molecule has 0 bridgehead atoms. The second kappa shape index (κ2) is 12.8. The van der Waals surface area contributed by atoms with Crippen molar-refractivity contribution < 1.29 is 35.9 Å². The van der Waals surface area contributed by atoms with Gasteiger partial charge in [-0.25, -0.2) is 13.1 Å². The Bertz CT molecular complexity index is 1210. The largest absolute Gasteiger partial charge is 0.473 e. The number of benzene rings is 1. The molecule has 1 aliphatic heterocycles. The highest BCUT2D eigenvalue weighted by Gasteiger charge is 2.31. The number of amides is 1. The quantitative estimate of drug-likeness (QED) is 0.311. The molecule has 1 saturated heterocycles. The summed E-state index contributed by atoms with van der Waals surface area (Å²) in [6.45, 7) is 3.03. The van der Waals surface area contributed by atoms with Crippen molar-refractivity contribution in [2.24, 2.45) is 0 Å². The Morgan fingerprint density at radius 2 is 2.00 bits per heavy atom. The van der Waals surface area contributed by atoms with E-state index in [0.717, 1.165) is 31.1 Å². The zero-order valence-corrected chi connectivity index (χ0v) is 21.8. The van der Waals surface area contributed by atoms with E-state index in [1.54, 1.807) is 6.07 Å². The zero-order chi connectivity index (χ0) is 27.1. The van der Waals surface area contributed by atoms with Crippen LogP contribution in [0.5, 0.6) is 5.88 Å². The Morgan fingerprint density at radius 3 is 2.65 bits per heavy atom. The van der Waals surface area contributed by atoms with Gasteiger partial charge < -0.3 is 9.47 Å². The van der Waals surface area contributed by atoms with Crippen LogP contribution in [-0.2, 0) is 32.3 Å². The SMILES string of the molecule is CCCCCS(=O)(=O)NC(=O)/C=C/c1cc(OC2CCOCC2)nn1Cc1ccc(C(F)(F)F)cc1Cl. The highest BCUT2D eigenvalue weighted by atomic mass is 35.5. The molecule has 13 heteroatoms. The van der Waals surface area contributed by atoms with Crippen LogP contribution < -0.4 is 9.46 Å². The van der Waals surface area contributed by atoms with Crippen molar-refractivity contribution >= 4 is 33.6 Å². The highest BCUT2D eigenvalue weighted by Crippen LogP contribution is 2.32. The van der Waals surface area contributed by atoms with E-state index in [9.17, 15) is 26.4 Å². The molecular weight excluding hydrogens is 535 g/mol. The topological polar surface area (TPSA) is 99.5 Å². The van der Waals surface area contributed by atoms with Crippen molar-refractivity contribution in [1.29, 1.82) is 0 Å². The lowest BCUT2D eigenvalue weighted by Gasteiger charge is -2.21. The van der Waals surface area contributed by atoms with Crippen LogP contribution in [0.2, 0.25) is 5.02 Å². The van der Waals surface area contributed by atoms with Crippen LogP contribution in [0.25, 0.3) is 6.08 Å². The molecule has 2 aromatic rings. The van der Waals surface area contributed by atoms with Crippen molar-refractivity contribution in [2.75, 3.05) is 19.0 Å². The lowest BCUT2D eigenvalue weighted by molar-refractivity contribution is -0.137. The Balaban J connectivity index is 1.80. The van der Waals surface area contributed by atoms with Gasteiger partial charge in [-0.2, -0.15) is 13.2 Å². The fraction of sp³-hybridized carbons (Fsp3) is 0.500. The summed E-state index contributed by atoms with van der Waals surface area (Å²) >= 11 is 6.12. The number of hydrogen-bond donors (Lipinski definition) is 1. The number of alkyl halides is 3. The van der Waals surface area contributed by atoms with Crippen LogP contribution in [0.4, 0.5) is 13.2 Å². The Morgan fingerprint density at radius 1 is 1.27 bits per heavy atom. The zero-order valence-electron chi connectivity index (χ0n) is 20.3. The number of halogens is 4. The Hall–Kier alpha value is -2.57. The molecule has 1 amide bonds. The van der Waals surface area contributed by atoms with E-state index in [1.807, 2.05) is 11.6 Å². The summed E-state index contributed by atoms with van der Waals surface area (Å²) in [5.74, 6) is -0.737. The van der Waals surface area contributed by atoms with Gasteiger partial charge in [0.05, 0.1) is 36.8 Å². The van der Waals surface area contributed by atoms with Crippen molar-refractivity contribution in [3.8, 4) is 5.88 Å². The van der Waals surface area contributed by atoms with Gasteiger partial charge in [0.2, 0.25) is 15.9 Å². The summed E-state index contributed by atoms with van der Waals surface area (Å²) in [7, 11) is -3.77. The third-order valence-electron chi connectivity index (χ3n) is 5.62. The number of nitrogens with one attached hydrogen (secondary N) is 1. The van der Waals surface area contributed by atoms with Crippen molar-refractivity contribution in [3.63, 3.8) is 0 Å². The third kappa shape index (κ3) is 9.04. The first-order valence-electron chi connectivity index (χ1n) is 11.9. The molecule has 1 aromatic heterocycles. The molecule has 8 nitrogen and oxygen atoms in total. The molecule has 0 radical (unpaired) electrons. The monoisotopic (exact) mass is 563 g/mol. The predicted molar refractivity (Wildman–Crippen MR) is 133 cm³/mol. The van der Waals surface area contributed by atoms with Crippen molar-refractivity contribution in [2.45, 2.75) is 57.9 Å². The molecule has 0 atom stereocenters. The molecule has 1 aromatic carbocycles. The molecule has 3 rings (SSSR count). The number of carbonyl (C=O) groups excluding carboxylic acids is 1. The molecule has 1 aliphatic rings. The molecule has 0 spiro atoms. The van der Waals surface area contributed by atoms with E-state index in [-0.39, 0.29) is 29.3 Å². The lowest BCUT2D eigenvalue weighted by Crippen LogP contribution is -2.31. The second-order valence-corrected chi connectivity index (χ2v) is 10.9. The van der Waals surface area contributed by atoms with Gasteiger partial charge in [0, 0.05) is 30.0 Å². The molecule has 1 N–H and O–H groups in total. The van der Waals surface area contributed by atoms with Gasteiger partial charge in [0.15, 0.2) is 0 Å². The minimum absolute atomic E-state index is 0.00921. The minimum Gasteiger partial charge on any atom is -0.473 e. The number of rotatable bonds is 11. The average molecular weight is 564 g/mol. The first-order valence-corrected chi connectivity index (χ1v) is 13.9. The van der Waals surface area contributed by atoms with Crippen molar-refractivity contribution in [1.82, 2.24) is 14.5 Å². The number of nitrogens with zero attached hydrogens (tertiary/aromatic N) is 2. The van der Waals surface area contributed by atoms with Crippen LogP contribution in [-0.4, -0.2) is 49.2 Å². The fourth-order valence-electron chi connectivity index (χ4n) is 3.64. The lowest BCUT2D eigenvalue weighted by atomic mass is 10.1. The van der Waals surface area contributed by atoms with Gasteiger partial charge in [-0.05, 0) is 30.2 Å². The van der Waals surface area contributed by atoms with E-state index in [4.69, 9.17) is 21.1 Å². The van der Waals surface area contributed by atoms with Gasteiger partial charge >= 0.3 is 6.18 Å². The van der Waals surface area contributed by atoms with E-state index < -0.39 is 27.7 Å². The number of ether oxygens (including phenoxy) is 2. The van der Waals surface area contributed by atoms with Gasteiger partial charge in [-0.15, -0.1) is 5.10 Å². The minimum atomic E-state index is -4.53. The molecule has 2 heterocycles. The molecular formula is C24H29ClF3N3O5S. The van der Waals surface area contributed by atoms with Crippen LogP contribution in [0.15, 0.2) is 30.3 Å². The van der Waals surface area contributed by atoms with Gasteiger partial charge in [0.25, 0.3) is 5.91 Å². The molecule has 37 heavy (non-hydrogen) atoms. The Kier molecular flexibility index (Phi) is 10.0. The summed E-state index contributed by atoms with van der Waals surface area (Å²) in [6, 6.07) is 4.59. The number of sulfonamides is 1. The van der Waals surface area contributed by atoms with Crippen LogP contribution >= 0.6 is 11.6 Å². The molecule has 0 saturated carbocycles. The summed E-state index contributed by atoms with van der Waals surface area (Å²) in [4.78, 5) is 12.3. The van der Waals surface area contributed by atoms with Gasteiger partial charge in [0.1, 0.15) is 6.10 Å². The first-order chi connectivity index (χ1) is 17.5. The van der Waals surface area contributed by atoms with Crippen LogP contribution in [0.3, 0.4) is 0 Å². The van der Waals surface area contributed by atoms with Gasteiger partial charge in [-0.3, -0.25) is 9.48 Å². The normalized spacial score (nSPS) is 15.3. The summed E-state index contributed by atoms with van der Waals surface area (Å²) < 4.78 is 77.9. The van der Waals surface area contributed by atoms with Crippen LogP contribution in [0, 0.1) is 0 Å². The maximum Gasteiger partial charge on any atom is 0.416 e. The maximum atomic E-state index is 13.0. The standard InChI is InChI=1S/C24H29ClF3N3O5S/c1-2-3-4-13-37(33,34)30-22(32)8-7-19-15-23(36-20-9-11-35-12-10-20)29-31(19)16-17-5-6-18(14-21(17)25)24(26,27)28/h5-8,14-15,20H,2-4,9-13,16H2,1H3,(H,30,32)/b8-7+. The second-order valence-electron chi connectivity index (χ2n) is 8.62. The first kappa shape index (κ1) is 29.0. The average Bonchev–Trinajstić information content (AvgIpc) is 3.19. The summed E-state index contributed by atoms with van der Waals surface area (Å²) in [5, 5.41) is 4.29. The van der Waals surface area contributed by atoms with Gasteiger partial charge in [-0.1, -0.05) is 37.4 Å². The van der Waals surface area contributed by atoms with E-state index in [2.05, 4.69) is 5.10 Å². The maximum absolute atomic E-state index is 13.0. The number of unbranched alkanes of at least 4 members (excludes halogenated alkanes) is 2. The van der Waals surface area contributed by atoms with E-state index in [0.29, 0.717) is 43.7 Å². The third-order valence-corrected chi connectivity index (χ3v) is 7.31. The van der Waals surface area contributed by atoms with Crippen LogP contribution in [0.1, 0.15) is 55.8 Å². The fourth-order valence-corrected chi connectivity index (χ4v) is 4.95. The summed E-state index contributed by atoms with van der Waals surface area (Å²) in [5.41, 5.74) is -0.133. The van der Waals surface area contributed by atoms with E-state index >= 15 is 0 Å². The smallest absolute Gasteiger partial charge is 0.416 e. The number of hydrogen-bond acceptors (Lipinski definition) is 6. The van der Waals surface area contributed by atoms with E-state index in [1.165, 1.54) is 16.8 Å². The molecule has 0 aliphatic carbocycles. The number of aromatic nitrogens is 2. The number of carbonyl (C=O) groups is 1. The van der Waals surface area contributed by atoms with Crippen molar-refractivity contribution in [3.05, 3.63) is 52.2 Å². The molecule has 204 valence electrons. The summed E-state index contributed by atoms with van der Waals surface area (Å²) in [6.07, 6.45) is 1.10. The Labute approximate surface area is 218 Å². The molecule has 0 unspecified atom stereocenters. The predicted octanol–water partition coefficient (Wildman–Crippen LogP) is 4.81. The molecule has 1 fully saturated rings. The highest BCUT2D eigenvalue weighted by molar-refractivity contribution is 7.90.